The van der Waals surface area contributed by atoms with E-state index < -0.39 is 0 Å². The summed E-state index contributed by atoms with van der Waals surface area (Å²) in [7, 11) is 0. The highest BCUT2D eigenvalue weighted by Crippen LogP contribution is 2.15. The van der Waals surface area contributed by atoms with Crippen LogP contribution in [0.4, 0.5) is 0 Å². The Morgan fingerprint density at radius 2 is 2.15 bits per heavy atom. The first-order chi connectivity index (χ1) is 6.33. The van der Waals surface area contributed by atoms with E-state index in [1.165, 1.54) is 32.5 Å². The highest BCUT2D eigenvalue weighted by molar-refractivity contribution is 7.78. The zero-order valence-corrected chi connectivity index (χ0v) is 9.15. The van der Waals surface area contributed by atoms with E-state index in [1.54, 1.807) is 0 Å². The lowest BCUT2D eigenvalue weighted by molar-refractivity contribution is 0.192. The molecule has 2 nitrogen and oxygen atoms in total. The Kier molecular flexibility index (Phi) is 5.21. The molecule has 1 aliphatic heterocycles. The van der Waals surface area contributed by atoms with E-state index in [-0.39, 0.29) is 0 Å². The van der Waals surface area contributed by atoms with Gasteiger partial charge in [-0.3, -0.25) is 0 Å². The van der Waals surface area contributed by atoms with Crippen LogP contribution in [0.15, 0.2) is 4.99 Å². The monoisotopic (exact) mass is 198 g/mol. The van der Waals surface area contributed by atoms with Gasteiger partial charge in [-0.05, 0) is 57.0 Å². The van der Waals surface area contributed by atoms with Crippen molar-refractivity contribution in [2.24, 2.45) is 10.9 Å². The topological polar surface area (TPSA) is 15.6 Å². The highest BCUT2D eigenvalue weighted by Gasteiger charge is 2.14. The molecule has 1 heterocycles. The standard InChI is InChI=1S/C10H18N2S/c1-10-3-7-12(8-4-10)6-2-5-11-9-13/h10H,2-8H2,1H3. The maximum absolute atomic E-state index is 4.51. The number of hydrogen-bond acceptors (Lipinski definition) is 3. The van der Waals surface area contributed by atoms with E-state index >= 15 is 0 Å². The van der Waals surface area contributed by atoms with Crippen molar-refractivity contribution < 1.29 is 0 Å². The third kappa shape index (κ3) is 4.51. The molecule has 1 aliphatic rings. The number of thiocarbonyl (C=S) groups is 1. The molecule has 1 fully saturated rings. The van der Waals surface area contributed by atoms with Gasteiger partial charge in [0.25, 0.3) is 0 Å². The van der Waals surface area contributed by atoms with Gasteiger partial charge in [0.15, 0.2) is 0 Å². The first-order valence-corrected chi connectivity index (χ1v) is 5.49. The van der Waals surface area contributed by atoms with Crippen LogP contribution in [0, 0.1) is 5.92 Å². The number of rotatable bonds is 4. The minimum Gasteiger partial charge on any atom is -0.303 e. The zero-order chi connectivity index (χ0) is 9.52. The van der Waals surface area contributed by atoms with Gasteiger partial charge in [-0.25, -0.2) is 4.99 Å². The van der Waals surface area contributed by atoms with Gasteiger partial charge in [0, 0.05) is 0 Å². The lowest BCUT2D eigenvalue weighted by atomic mass is 9.99. The largest absolute Gasteiger partial charge is 0.303 e. The Morgan fingerprint density at radius 1 is 1.46 bits per heavy atom. The van der Waals surface area contributed by atoms with Crippen molar-refractivity contribution in [2.45, 2.75) is 26.2 Å². The molecular formula is C10H18N2S. The molecule has 3 heteroatoms. The average molecular weight is 198 g/mol. The molecule has 0 aromatic carbocycles. The van der Waals surface area contributed by atoms with E-state index in [2.05, 4.69) is 34.2 Å². The van der Waals surface area contributed by atoms with Crippen molar-refractivity contribution in [3.05, 3.63) is 0 Å². The lowest BCUT2D eigenvalue weighted by Gasteiger charge is -2.29. The fourth-order valence-corrected chi connectivity index (χ4v) is 1.80. The average Bonchev–Trinajstić information content (AvgIpc) is 2.15. The van der Waals surface area contributed by atoms with Crippen LogP contribution in [0.1, 0.15) is 26.2 Å². The van der Waals surface area contributed by atoms with Crippen LogP contribution >= 0.6 is 12.2 Å². The Labute approximate surface area is 86.0 Å². The predicted octanol–water partition coefficient (Wildman–Crippen LogP) is 2.21. The molecule has 1 saturated heterocycles. The molecule has 0 amide bonds. The van der Waals surface area contributed by atoms with Gasteiger partial charge in [0.1, 0.15) is 0 Å². The number of likely N-dealkylation sites (tertiary alicyclic amines) is 1. The lowest BCUT2D eigenvalue weighted by Crippen LogP contribution is -2.33. The van der Waals surface area contributed by atoms with Crippen LogP contribution < -0.4 is 0 Å². The summed E-state index contributed by atoms with van der Waals surface area (Å²) in [5.41, 5.74) is 0. The van der Waals surface area contributed by atoms with Gasteiger partial charge >= 0.3 is 0 Å². The van der Waals surface area contributed by atoms with Crippen molar-refractivity contribution in [2.75, 3.05) is 26.2 Å². The van der Waals surface area contributed by atoms with Crippen molar-refractivity contribution >= 4 is 17.4 Å². The van der Waals surface area contributed by atoms with Gasteiger partial charge in [-0.2, -0.15) is 0 Å². The van der Waals surface area contributed by atoms with Crippen LogP contribution in [-0.4, -0.2) is 36.2 Å². The van der Waals surface area contributed by atoms with Gasteiger partial charge in [0.05, 0.1) is 11.7 Å². The fraction of sp³-hybridized carbons (Fsp3) is 0.900. The van der Waals surface area contributed by atoms with Crippen LogP contribution in [-0.2, 0) is 0 Å². The Hall–Kier alpha value is -0.240. The van der Waals surface area contributed by atoms with Crippen LogP contribution in [0.3, 0.4) is 0 Å². The molecule has 0 atom stereocenters. The normalized spacial score (nSPS) is 19.8. The SMILES string of the molecule is CC1CCN(CCCN=C=S)CC1. The van der Waals surface area contributed by atoms with Crippen molar-refractivity contribution in [1.82, 2.24) is 4.90 Å². The summed E-state index contributed by atoms with van der Waals surface area (Å²) in [5, 5.41) is 2.40. The zero-order valence-electron chi connectivity index (χ0n) is 8.33. The summed E-state index contributed by atoms with van der Waals surface area (Å²) in [6.07, 6.45) is 3.84. The quantitative estimate of drug-likeness (QED) is 0.391. The number of aliphatic imine (C=N–C) groups is 1. The smallest absolute Gasteiger partial charge is 0.0584 e. The first-order valence-electron chi connectivity index (χ1n) is 5.09. The Morgan fingerprint density at radius 3 is 2.77 bits per heavy atom. The second kappa shape index (κ2) is 6.25. The molecule has 1 rings (SSSR count). The molecule has 0 aromatic rings. The summed E-state index contributed by atoms with van der Waals surface area (Å²) < 4.78 is 0. The third-order valence-corrected chi connectivity index (χ3v) is 2.81. The molecule has 0 unspecified atom stereocenters. The molecule has 0 N–H and O–H groups in total. The summed E-state index contributed by atoms with van der Waals surface area (Å²) in [4.78, 5) is 6.44. The van der Waals surface area contributed by atoms with Crippen molar-refractivity contribution in [1.29, 1.82) is 0 Å². The highest BCUT2D eigenvalue weighted by atomic mass is 32.1. The summed E-state index contributed by atoms with van der Waals surface area (Å²) in [5.74, 6) is 0.926. The minimum atomic E-state index is 0.843. The van der Waals surface area contributed by atoms with Crippen molar-refractivity contribution in [3.8, 4) is 0 Å². The van der Waals surface area contributed by atoms with E-state index in [0.717, 1.165) is 18.9 Å². The number of isothiocyanates is 1. The maximum atomic E-state index is 4.51. The fourth-order valence-electron chi connectivity index (χ4n) is 1.70. The predicted molar refractivity (Wildman–Crippen MR) is 59.3 cm³/mol. The van der Waals surface area contributed by atoms with Crippen molar-refractivity contribution in [3.63, 3.8) is 0 Å². The number of hydrogen-bond donors (Lipinski definition) is 0. The van der Waals surface area contributed by atoms with E-state index in [9.17, 15) is 0 Å². The Bertz CT molecular complexity index is 179. The van der Waals surface area contributed by atoms with E-state index in [1.807, 2.05) is 0 Å². The van der Waals surface area contributed by atoms with Gasteiger partial charge in [-0.15, -0.1) is 0 Å². The third-order valence-electron chi connectivity index (χ3n) is 2.69. The number of nitrogens with zero attached hydrogens (tertiary/aromatic N) is 2. The molecule has 0 saturated carbocycles. The molecule has 0 aromatic heterocycles. The second-order valence-corrected chi connectivity index (χ2v) is 4.03. The minimum absolute atomic E-state index is 0.843. The van der Waals surface area contributed by atoms with Gasteiger partial charge in [-0.1, -0.05) is 6.92 Å². The molecule has 0 spiro atoms. The van der Waals surface area contributed by atoms with E-state index in [4.69, 9.17) is 0 Å². The van der Waals surface area contributed by atoms with Gasteiger partial charge in [0.2, 0.25) is 0 Å². The molecule has 0 bridgehead atoms. The maximum Gasteiger partial charge on any atom is 0.0584 e. The Balaban J connectivity index is 2.05. The second-order valence-electron chi connectivity index (χ2n) is 3.85. The molecule has 74 valence electrons. The molecule has 0 radical (unpaired) electrons. The van der Waals surface area contributed by atoms with E-state index in [0.29, 0.717) is 0 Å². The summed E-state index contributed by atoms with van der Waals surface area (Å²) in [6.45, 7) is 6.89. The summed E-state index contributed by atoms with van der Waals surface area (Å²) in [6, 6.07) is 0. The summed E-state index contributed by atoms with van der Waals surface area (Å²) >= 11 is 4.51. The molecular weight excluding hydrogens is 180 g/mol. The van der Waals surface area contributed by atoms with Crippen LogP contribution in [0.2, 0.25) is 0 Å². The van der Waals surface area contributed by atoms with Gasteiger partial charge < -0.3 is 4.90 Å². The molecule has 13 heavy (non-hydrogen) atoms. The van der Waals surface area contributed by atoms with Crippen LogP contribution in [0.5, 0.6) is 0 Å². The number of piperidine rings is 1. The van der Waals surface area contributed by atoms with Crippen LogP contribution in [0.25, 0.3) is 0 Å². The molecule has 0 aliphatic carbocycles. The first kappa shape index (κ1) is 10.8.